The van der Waals surface area contributed by atoms with Gasteiger partial charge in [-0.1, -0.05) is 66.7 Å². The number of ether oxygens (including phenoxy) is 1. The van der Waals surface area contributed by atoms with Crippen molar-refractivity contribution in [3.63, 3.8) is 0 Å². The van der Waals surface area contributed by atoms with Gasteiger partial charge in [-0.15, -0.1) is 11.8 Å². The van der Waals surface area contributed by atoms with Crippen LogP contribution in [0.2, 0.25) is 0 Å². The summed E-state index contributed by atoms with van der Waals surface area (Å²) in [6.45, 7) is 3.09. The van der Waals surface area contributed by atoms with Crippen LogP contribution in [0.25, 0.3) is 0 Å². The lowest BCUT2D eigenvalue weighted by Crippen LogP contribution is -2.58. The number of carbonyl (C=O) groups is 3. The average Bonchev–Trinajstić information content (AvgIpc) is 3.19. The quantitative estimate of drug-likeness (QED) is 0.516. The van der Waals surface area contributed by atoms with E-state index in [0.717, 1.165) is 11.1 Å². The van der Waals surface area contributed by atoms with E-state index in [1.165, 1.54) is 11.8 Å². The number of carboxylic acids is 1. The van der Waals surface area contributed by atoms with Crippen LogP contribution in [0.1, 0.15) is 43.9 Å². The highest BCUT2D eigenvalue weighted by molar-refractivity contribution is 8.03. The fourth-order valence-corrected chi connectivity index (χ4v) is 4.36. The minimum Gasteiger partial charge on any atom is -0.481 e. The molecule has 0 spiro atoms. The zero-order valence-electron chi connectivity index (χ0n) is 17.9. The second-order valence-electron chi connectivity index (χ2n) is 8.07. The topological polar surface area (TPSA) is 105 Å². The van der Waals surface area contributed by atoms with E-state index >= 15 is 0 Å². The minimum absolute atomic E-state index is 0.243. The van der Waals surface area contributed by atoms with E-state index < -0.39 is 34.5 Å². The highest BCUT2D eigenvalue weighted by Gasteiger charge is 2.39. The van der Waals surface area contributed by atoms with Gasteiger partial charge in [0.25, 0.3) is 0 Å². The first-order valence-electron chi connectivity index (χ1n) is 10.2. The molecule has 2 aromatic carbocycles. The molecule has 7 nitrogen and oxygen atoms in total. The summed E-state index contributed by atoms with van der Waals surface area (Å²) in [5.74, 6) is -1.64. The maximum Gasteiger partial charge on any atom is 0.332 e. The molecule has 8 heteroatoms. The van der Waals surface area contributed by atoms with E-state index in [0.29, 0.717) is 6.42 Å². The van der Waals surface area contributed by atoms with Gasteiger partial charge in [0.05, 0.1) is 6.42 Å². The molecule has 2 amide bonds. The molecule has 0 fully saturated rings. The molecule has 32 heavy (non-hydrogen) atoms. The summed E-state index contributed by atoms with van der Waals surface area (Å²) in [6, 6.07) is 18.1. The molecule has 0 bridgehead atoms. The van der Waals surface area contributed by atoms with Crippen LogP contribution in [-0.4, -0.2) is 33.5 Å². The number of hydrogen-bond donors (Lipinski definition) is 3. The minimum atomic E-state index is -1.35. The summed E-state index contributed by atoms with van der Waals surface area (Å²) in [7, 11) is 0. The van der Waals surface area contributed by atoms with Crippen molar-refractivity contribution < 1.29 is 24.2 Å². The molecule has 0 radical (unpaired) electrons. The zero-order chi connectivity index (χ0) is 23.2. The van der Waals surface area contributed by atoms with E-state index in [1.54, 1.807) is 25.3 Å². The number of benzene rings is 2. The van der Waals surface area contributed by atoms with Crippen LogP contribution >= 0.6 is 11.8 Å². The van der Waals surface area contributed by atoms with Crippen molar-refractivity contribution in [2.75, 3.05) is 0 Å². The van der Waals surface area contributed by atoms with Gasteiger partial charge < -0.3 is 20.5 Å². The number of amides is 2. The molecule has 3 rings (SSSR count). The van der Waals surface area contributed by atoms with Crippen molar-refractivity contribution in [1.82, 2.24) is 10.6 Å². The Hall–Kier alpha value is -3.26. The zero-order valence-corrected chi connectivity index (χ0v) is 18.7. The smallest absolute Gasteiger partial charge is 0.332 e. The predicted molar refractivity (Wildman–Crippen MR) is 123 cm³/mol. The van der Waals surface area contributed by atoms with E-state index in [9.17, 15) is 19.5 Å². The van der Waals surface area contributed by atoms with Crippen LogP contribution in [0.4, 0.5) is 4.79 Å². The molecule has 1 heterocycles. The predicted octanol–water partition coefficient (Wildman–Crippen LogP) is 4.22. The van der Waals surface area contributed by atoms with E-state index in [2.05, 4.69) is 10.6 Å². The molecular weight excluding hydrogens is 428 g/mol. The molecule has 2 aromatic rings. The Kier molecular flexibility index (Phi) is 7.25. The van der Waals surface area contributed by atoms with Crippen molar-refractivity contribution in [3.05, 3.63) is 83.3 Å². The molecule has 0 aliphatic carbocycles. The standard InChI is InChI=1S/C24H26N2O5S/c1-23(2,25-22(30)26-24(16-19(27)28)14-9-15-32-24)21(29)31-20(17-10-5-3-6-11-17)18-12-7-4-8-13-18/h3-13,15,20H,14,16H2,1-2H3,(H,27,28)(H2,25,26,30). The fraction of sp³-hybridized carbons (Fsp3) is 0.292. The molecule has 1 aliphatic rings. The Bertz CT molecular complexity index is 944. The number of urea groups is 1. The molecule has 1 aliphatic heterocycles. The summed E-state index contributed by atoms with van der Waals surface area (Å²) in [6.07, 6.45) is 1.30. The summed E-state index contributed by atoms with van der Waals surface area (Å²) in [5.41, 5.74) is 0.259. The lowest BCUT2D eigenvalue weighted by Gasteiger charge is -2.32. The Balaban J connectivity index is 1.72. The molecule has 1 atom stereocenters. The van der Waals surface area contributed by atoms with Crippen molar-refractivity contribution in [3.8, 4) is 0 Å². The van der Waals surface area contributed by atoms with Crippen molar-refractivity contribution in [1.29, 1.82) is 0 Å². The summed E-state index contributed by atoms with van der Waals surface area (Å²) < 4.78 is 5.85. The number of hydrogen-bond acceptors (Lipinski definition) is 5. The van der Waals surface area contributed by atoms with Crippen LogP contribution in [-0.2, 0) is 14.3 Å². The van der Waals surface area contributed by atoms with Crippen LogP contribution in [0, 0.1) is 0 Å². The lowest BCUT2D eigenvalue weighted by molar-refractivity contribution is -0.154. The Labute approximate surface area is 191 Å². The lowest BCUT2D eigenvalue weighted by atomic mass is 10.0. The molecular formula is C24H26N2O5S. The highest BCUT2D eigenvalue weighted by atomic mass is 32.2. The number of rotatable bonds is 8. The number of carboxylic acid groups (broad SMARTS) is 1. The van der Waals surface area contributed by atoms with E-state index in [4.69, 9.17) is 4.74 Å². The normalized spacial score (nSPS) is 17.7. The van der Waals surface area contributed by atoms with Gasteiger partial charge >= 0.3 is 18.0 Å². The van der Waals surface area contributed by atoms with Crippen molar-refractivity contribution >= 4 is 29.7 Å². The van der Waals surface area contributed by atoms with Gasteiger partial charge in [-0.3, -0.25) is 4.79 Å². The first kappa shape index (κ1) is 23.4. The molecule has 0 saturated heterocycles. The summed E-state index contributed by atoms with van der Waals surface area (Å²) in [5, 5.41) is 16.3. The van der Waals surface area contributed by atoms with E-state index in [1.807, 2.05) is 60.7 Å². The number of esters is 1. The molecule has 0 saturated carbocycles. The van der Waals surface area contributed by atoms with Crippen molar-refractivity contribution in [2.24, 2.45) is 0 Å². The third-order valence-electron chi connectivity index (χ3n) is 4.98. The van der Waals surface area contributed by atoms with Crippen LogP contribution in [0.3, 0.4) is 0 Å². The van der Waals surface area contributed by atoms with Gasteiger partial charge in [-0.05, 0) is 36.8 Å². The molecule has 3 N–H and O–H groups in total. The fourth-order valence-electron chi connectivity index (χ4n) is 3.36. The van der Waals surface area contributed by atoms with Crippen LogP contribution < -0.4 is 10.6 Å². The third-order valence-corrected chi connectivity index (χ3v) is 6.17. The Morgan fingerprint density at radius 2 is 1.62 bits per heavy atom. The first-order chi connectivity index (χ1) is 15.2. The van der Waals surface area contributed by atoms with Gasteiger partial charge in [-0.25, -0.2) is 9.59 Å². The van der Waals surface area contributed by atoms with Gasteiger partial charge in [-0.2, -0.15) is 0 Å². The summed E-state index contributed by atoms with van der Waals surface area (Å²) >= 11 is 1.24. The van der Waals surface area contributed by atoms with Crippen LogP contribution in [0.15, 0.2) is 72.1 Å². The molecule has 168 valence electrons. The SMILES string of the molecule is CC(C)(NC(=O)NC1(CC(=O)O)CC=CS1)C(=O)OC(c1ccccc1)c1ccccc1. The average molecular weight is 455 g/mol. The maximum absolute atomic E-state index is 13.1. The monoisotopic (exact) mass is 454 g/mol. The van der Waals surface area contributed by atoms with Gasteiger partial charge in [0.2, 0.25) is 0 Å². The number of thioether (sulfide) groups is 1. The highest BCUT2D eigenvalue weighted by Crippen LogP contribution is 2.37. The number of nitrogens with one attached hydrogen (secondary N) is 2. The van der Waals surface area contributed by atoms with E-state index in [-0.39, 0.29) is 6.42 Å². The molecule has 0 aromatic heterocycles. The van der Waals surface area contributed by atoms with Gasteiger partial charge in [0.15, 0.2) is 6.10 Å². The molecule has 1 unspecified atom stereocenters. The third kappa shape index (κ3) is 5.91. The van der Waals surface area contributed by atoms with Crippen molar-refractivity contribution in [2.45, 2.75) is 43.2 Å². The summed E-state index contributed by atoms with van der Waals surface area (Å²) in [4.78, 5) is 36.0. The second kappa shape index (κ2) is 9.91. The largest absolute Gasteiger partial charge is 0.481 e. The second-order valence-corrected chi connectivity index (χ2v) is 9.36. The van der Waals surface area contributed by atoms with Gasteiger partial charge in [0, 0.05) is 0 Å². The first-order valence-corrected chi connectivity index (χ1v) is 11.0. The van der Waals surface area contributed by atoms with Gasteiger partial charge in [0.1, 0.15) is 10.4 Å². The number of carbonyl (C=O) groups excluding carboxylic acids is 2. The Morgan fingerprint density at radius 3 is 2.09 bits per heavy atom. The van der Waals surface area contributed by atoms with Crippen LogP contribution in [0.5, 0.6) is 0 Å². The Morgan fingerprint density at radius 1 is 1.06 bits per heavy atom. The maximum atomic E-state index is 13.1. The number of aliphatic carboxylic acids is 1.